The van der Waals surface area contributed by atoms with Gasteiger partial charge in [-0.3, -0.25) is 4.79 Å². The van der Waals surface area contributed by atoms with Crippen LogP contribution in [0.15, 0.2) is 6.20 Å². The summed E-state index contributed by atoms with van der Waals surface area (Å²) in [5.41, 5.74) is 5.46. The number of carbonyl (C=O) groups is 1. The number of aromatic nitrogens is 1. The van der Waals surface area contributed by atoms with Gasteiger partial charge in [0.05, 0.1) is 16.2 Å². The first-order valence-corrected chi connectivity index (χ1v) is 6.27. The molecule has 0 bridgehead atoms. The zero-order valence-corrected chi connectivity index (χ0v) is 11.0. The number of amides is 1. The van der Waals surface area contributed by atoms with E-state index in [0.29, 0.717) is 16.3 Å². The number of hydrogen-bond donors (Lipinski definition) is 2. The van der Waals surface area contributed by atoms with Crippen molar-refractivity contribution < 1.29 is 4.79 Å². The van der Waals surface area contributed by atoms with Crippen molar-refractivity contribution in [3.05, 3.63) is 16.1 Å². The highest BCUT2D eigenvalue weighted by atomic mass is 32.1. The number of nitrogens with zero attached hydrogens (tertiary/aromatic N) is 1. The molecule has 0 radical (unpaired) electrons. The van der Waals surface area contributed by atoms with Crippen molar-refractivity contribution in [2.24, 2.45) is 5.73 Å². The average molecular weight is 257 g/mol. The fourth-order valence-electron chi connectivity index (χ4n) is 1.26. The van der Waals surface area contributed by atoms with Crippen LogP contribution in [0.2, 0.25) is 0 Å². The van der Waals surface area contributed by atoms with E-state index in [2.05, 4.69) is 10.3 Å². The number of aryl methyl sites for hydroxylation is 1. The predicted molar refractivity (Wildman–Crippen MR) is 69.8 cm³/mol. The Balaban J connectivity index is 2.58. The maximum atomic E-state index is 11.8. The number of thiazole rings is 1. The van der Waals surface area contributed by atoms with Crippen molar-refractivity contribution in [1.82, 2.24) is 10.3 Å². The van der Waals surface area contributed by atoms with Gasteiger partial charge in [-0.25, -0.2) is 4.98 Å². The van der Waals surface area contributed by atoms with Gasteiger partial charge < -0.3 is 11.1 Å². The Bertz CT molecular complexity index is 389. The highest BCUT2D eigenvalue weighted by molar-refractivity contribution is 7.80. The third-order valence-electron chi connectivity index (χ3n) is 2.12. The molecule has 0 fully saturated rings. The molecule has 0 spiro atoms. The quantitative estimate of drug-likeness (QED) is 0.787. The van der Waals surface area contributed by atoms with Gasteiger partial charge in [-0.1, -0.05) is 19.1 Å². The zero-order chi connectivity index (χ0) is 12.1. The lowest BCUT2D eigenvalue weighted by Crippen LogP contribution is -2.36. The molecular weight excluding hydrogens is 242 g/mol. The second kappa shape index (κ2) is 5.91. The third kappa shape index (κ3) is 3.86. The average Bonchev–Trinajstić information content (AvgIpc) is 2.63. The van der Waals surface area contributed by atoms with Crippen molar-refractivity contribution in [2.45, 2.75) is 32.7 Å². The van der Waals surface area contributed by atoms with Crippen LogP contribution in [0, 0.1) is 6.92 Å². The van der Waals surface area contributed by atoms with E-state index >= 15 is 0 Å². The summed E-state index contributed by atoms with van der Waals surface area (Å²) >= 11 is 6.21. The van der Waals surface area contributed by atoms with Crippen LogP contribution in [0.1, 0.15) is 34.4 Å². The van der Waals surface area contributed by atoms with Crippen LogP contribution in [0.4, 0.5) is 0 Å². The summed E-state index contributed by atoms with van der Waals surface area (Å²) < 4.78 is 0. The van der Waals surface area contributed by atoms with Gasteiger partial charge in [0.25, 0.3) is 5.91 Å². The van der Waals surface area contributed by atoms with Gasteiger partial charge in [0.15, 0.2) is 0 Å². The molecule has 1 unspecified atom stereocenters. The molecule has 1 amide bonds. The molecule has 1 heterocycles. The van der Waals surface area contributed by atoms with Crippen LogP contribution < -0.4 is 11.1 Å². The van der Waals surface area contributed by atoms with Crippen LogP contribution in [0.25, 0.3) is 0 Å². The number of thiocarbonyl (C=S) groups is 1. The van der Waals surface area contributed by atoms with Crippen molar-refractivity contribution in [3.63, 3.8) is 0 Å². The molecule has 0 aliphatic rings. The second-order valence-corrected chi connectivity index (χ2v) is 5.25. The van der Waals surface area contributed by atoms with Crippen molar-refractivity contribution in [2.75, 3.05) is 0 Å². The molecule has 6 heteroatoms. The molecule has 0 aliphatic carbocycles. The van der Waals surface area contributed by atoms with Crippen molar-refractivity contribution in [3.8, 4) is 0 Å². The maximum absolute atomic E-state index is 11.8. The fourth-order valence-corrected chi connectivity index (χ4v) is 2.15. The van der Waals surface area contributed by atoms with Gasteiger partial charge in [-0.05, 0) is 13.3 Å². The lowest BCUT2D eigenvalue weighted by Gasteiger charge is -2.15. The molecule has 0 aromatic carbocycles. The minimum Gasteiger partial charge on any atom is -0.393 e. The van der Waals surface area contributed by atoms with Crippen molar-refractivity contribution in [1.29, 1.82) is 0 Å². The molecule has 1 rings (SSSR count). The second-order valence-electron chi connectivity index (χ2n) is 3.49. The van der Waals surface area contributed by atoms with Gasteiger partial charge >= 0.3 is 0 Å². The Morgan fingerprint density at radius 2 is 2.44 bits per heavy atom. The Kier molecular flexibility index (Phi) is 4.82. The highest BCUT2D eigenvalue weighted by Crippen LogP contribution is 2.12. The van der Waals surface area contributed by atoms with Gasteiger partial charge in [0.2, 0.25) is 0 Å². The summed E-state index contributed by atoms with van der Waals surface area (Å²) in [7, 11) is 0. The normalized spacial score (nSPS) is 12.1. The summed E-state index contributed by atoms with van der Waals surface area (Å²) in [4.78, 5) is 16.9. The molecule has 16 heavy (non-hydrogen) atoms. The summed E-state index contributed by atoms with van der Waals surface area (Å²) in [6.07, 6.45) is 2.93. The van der Waals surface area contributed by atoms with E-state index in [4.69, 9.17) is 18.0 Å². The number of hydrogen-bond acceptors (Lipinski definition) is 4. The molecule has 88 valence electrons. The maximum Gasteiger partial charge on any atom is 0.263 e. The Labute approximate surface area is 104 Å². The largest absolute Gasteiger partial charge is 0.393 e. The highest BCUT2D eigenvalue weighted by Gasteiger charge is 2.14. The summed E-state index contributed by atoms with van der Waals surface area (Å²) in [5, 5.41) is 3.77. The monoisotopic (exact) mass is 257 g/mol. The van der Waals surface area contributed by atoms with E-state index in [1.807, 2.05) is 13.8 Å². The van der Waals surface area contributed by atoms with Gasteiger partial charge in [-0.15, -0.1) is 11.3 Å². The van der Waals surface area contributed by atoms with Crippen LogP contribution in [0.5, 0.6) is 0 Å². The van der Waals surface area contributed by atoms with E-state index in [9.17, 15) is 4.79 Å². The Morgan fingerprint density at radius 1 is 1.75 bits per heavy atom. The Hall–Kier alpha value is -1.01. The molecule has 3 N–H and O–H groups in total. The van der Waals surface area contributed by atoms with E-state index in [-0.39, 0.29) is 11.9 Å². The standard InChI is InChI=1S/C10H15N3OS2/c1-3-7(4-9(11)15)13-10(14)8-5-12-6(2)16-8/h5,7H,3-4H2,1-2H3,(H2,11,15)(H,13,14). The van der Waals surface area contributed by atoms with Crippen LogP contribution >= 0.6 is 23.6 Å². The lowest BCUT2D eigenvalue weighted by molar-refractivity contribution is 0.0941. The molecule has 0 saturated heterocycles. The van der Waals surface area contributed by atoms with E-state index < -0.39 is 0 Å². The minimum atomic E-state index is -0.103. The molecule has 1 atom stereocenters. The van der Waals surface area contributed by atoms with E-state index in [1.165, 1.54) is 11.3 Å². The fraction of sp³-hybridized carbons (Fsp3) is 0.500. The smallest absolute Gasteiger partial charge is 0.263 e. The van der Waals surface area contributed by atoms with Gasteiger partial charge in [0, 0.05) is 12.5 Å². The predicted octanol–water partition coefficient (Wildman–Crippen LogP) is 1.64. The zero-order valence-electron chi connectivity index (χ0n) is 9.32. The SMILES string of the molecule is CCC(CC(N)=S)NC(=O)c1cnc(C)s1. The molecule has 0 saturated carbocycles. The van der Waals surface area contributed by atoms with E-state index in [0.717, 1.165) is 11.4 Å². The molecule has 4 nitrogen and oxygen atoms in total. The molecule has 1 aromatic heterocycles. The first kappa shape index (κ1) is 13.1. The topological polar surface area (TPSA) is 68.0 Å². The summed E-state index contributed by atoms with van der Waals surface area (Å²) in [6, 6.07) is 0.00686. The van der Waals surface area contributed by atoms with Crippen LogP contribution in [0.3, 0.4) is 0 Å². The number of nitrogens with two attached hydrogens (primary N) is 1. The van der Waals surface area contributed by atoms with Gasteiger partial charge in [-0.2, -0.15) is 0 Å². The third-order valence-corrected chi connectivity index (χ3v) is 3.20. The summed E-state index contributed by atoms with van der Waals surface area (Å²) in [6.45, 7) is 3.86. The first-order chi connectivity index (χ1) is 7.52. The molecule has 0 aliphatic heterocycles. The lowest BCUT2D eigenvalue weighted by atomic mass is 10.1. The number of nitrogens with one attached hydrogen (secondary N) is 1. The van der Waals surface area contributed by atoms with Gasteiger partial charge in [0.1, 0.15) is 4.88 Å². The molecular formula is C10H15N3OS2. The molecule has 1 aromatic rings. The number of rotatable bonds is 5. The van der Waals surface area contributed by atoms with Crippen LogP contribution in [-0.2, 0) is 0 Å². The van der Waals surface area contributed by atoms with E-state index in [1.54, 1.807) is 6.20 Å². The minimum absolute atomic E-state index is 0.00686. The number of carbonyl (C=O) groups excluding carboxylic acids is 1. The van der Waals surface area contributed by atoms with Crippen molar-refractivity contribution >= 4 is 34.5 Å². The summed E-state index contributed by atoms with van der Waals surface area (Å²) in [5.74, 6) is -0.103. The first-order valence-electron chi connectivity index (χ1n) is 5.04. The Morgan fingerprint density at radius 3 is 2.88 bits per heavy atom. The van der Waals surface area contributed by atoms with Crippen LogP contribution in [-0.4, -0.2) is 21.9 Å².